The Bertz CT molecular complexity index is 3690. The van der Waals surface area contributed by atoms with Crippen LogP contribution in [0, 0.1) is 0 Å². The van der Waals surface area contributed by atoms with Gasteiger partial charge in [-0.05, 0) is 109 Å². The fraction of sp³-hybridized carbons (Fsp3) is 0.333. The molecule has 2 heterocycles. The van der Waals surface area contributed by atoms with Crippen LogP contribution in [-0.4, -0.2) is 144 Å². The Morgan fingerprint density at radius 1 is 0.435 bits per heavy atom. The van der Waals surface area contributed by atoms with E-state index in [4.69, 9.17) is 9.47 Å². The molecule has 20 heteroatoms. The summed E-state index contributed by atoms with van der Waals surface area (Å²) in [6.07, 6.45) is 5.08. The summed E-state index contributed by atoms with van der Waals surface area (Å²) in [6.45, 7) is -1.79. The second kappa shape index (κ2) is 29.6. The van der Waals surface area contributed by atoms with Gasteiger partial charge in [-0.1, -0.05) is 134 Å². The highest BCUT2D eigenvalue weighted by atomic mass is 16.5. The zero-order valence-electron chi connectivity index (χ0n) is 51.8. The number of amides is 8. The van der Waals surface area contributed by atoms with Gasteiger partial charge in [-0.3, -0.25) is 38.4 Å². The fourth-order valence-electron chi connectivity index (χ4n) is 12.5. The summed E-state index contributed by atoms with van der Waals surface area (Å²) in [5, 5.41) is 19.7. The van der Waals surface area contributed by atoms with E-state index in [0.29, 0.717) is 59.0 Å². The van der Waals surface area contributed by atoms with Crippen molar-refractivity contribution in [2.45, 2.75) is 100 Å². The molecule has 0 saturated heterocycles. The molecule has 476 valence electrons. The first-order valence-electron chi connectivity index (χ1n) is 31.6. The average molecular weight is 1240 g/mol. The van der Waals surface area contributed by atoms with E-state index in [0.717, 1.165) is 47.9 Å². The van der Waals surface area contributed by atoms with Crippen molar-refractivity contribution >= 4 is 69.1 Å². The van der Waals surface area contributed by atoms with Crippen molar-refractivity contribution in [2.24, 2.45) is 0 Å². The minimum absolute atomic E-state index is 0.122. The number of fused-ring (bicyclic) bond motifs is 2. The number of ether oxygens (including phenoxy) is 2. The van der Waals surface area contributed by atoms with Crippen LogP contribution in [0.4, 0.5) is 0 Å². The number of nitrogens with one attached hydrogen (secondary N) is 6. The van der Waals surface area contributed by atoms with Crippen molar-refractivity contribution in [3.8, 4) is 11.5 Å². The Morgan fingerprint density at radius 2 is 0.804 bits per heavy atom. The van der Waals surface area contributed by atoms with Crippen molar-refractivity contribution in [3.63, 3.8) is 0 Å². The second-order valence-corrected chi connectivity index (χ2v) is 24.0. The number of carbonyl (C=O) groups is 8. The van der Waals surface area contributed by atoms with Crippen LogP contribution in [0.5, 0.6) is 11.5 Å². The molecule has 6 aromatic carbocycles. The van der Waals surface area contributed by atoms with Crippen LogP contribution in [0.25, 0.3) is 21.8 Å². The summed E-state index contributed by atoms with van der Waals surface area (Å²) < 4.78 is 13.8. The minimum atomic E-state index is -0.559. The van der Waals surface area contributed by atoms with E-state index in [9.17, 15) is 38.4 Å². The Hall–Kier alpha value is -10.2. The molecule has 0 unspecified atom stereocenters. The van der Waals surface area contributed by atoms with Crippen molar-refractivity contribution < 1.29 is 47.8 Å². The van der Waals surface area contributed by atoms with Crippen LogP contribution in [0.15, 0.2) is 170 Å². The first-order valence-corrected chi connectivity index (χ1v) is 31.6. The monoisotopic (exact) mass is 1240 g/mol. The molecule has 92 heavy (non-hydrogen) atoms. The Morgan fingerprint density at radius 3 is 1.20 bits per heavy atom. The summed E-state index contributed by atoms with van der Waals surface area (Å²) in [5.74, 6) is -2.13. The number of rotatable bonds is 28. The third kappa shape index (κ3) is 16.2. The smallest absolute Gasteiger partial charge is 0.268 e. The fourth-order valence-corrected chi connectivity index (χ4v) is 12.5. The molecule has 3 saturated carbocycles. The van der Waals surface area contributed by atoms with Gasteiger partial charge in [-0.2, -0.15) is 0 Å². The van der Waals surface area contributed by atoms with E-state index in [1.807, 2.05) is 133 Å². The topological polar surface area (TPSA) is 244 Å². The van der Waals surface area contributed by atoms with E-state index in [-0.39, 0.29) is 61.5 Å². The van der Waals surface area contributed by atoms with Crippen molar-refractivity contribution in [2.75, 3.05) is 53.5 Å². The van der Waals surface area contributed by atoms with Crippen LogP contribution >= 0.6 is 0 Å². The standard InChI is InChI=1S/C72H78N10O10/c1-91-53-29-25-47(26-30-53)33-35-73-65(83)41-79(43-67(85)75-59-39-55(59)49-15-5-3-6-16-49)69(87)45-81-61-23-13-9-19-51(61)37-63(81)71(89)77-57-21-11-12-22-58(57)78-72(90)64-38-52-20-10-14-24-62(52)82(64)46-70(88)80(42-66(84)74-36-34-48-27-31-54(92-2)32-28-48)44-68(86)76-60-40-56(60)50-17-7-4-8-18-50/h3-10,13-20,23-32,37-38,55-60H,11-12,21-22,33-36,39-46H2,1-2H3,(H,73,83)(H,74,84)(H,75,85)(H,76,86)(H,77,89)(H,78,90)/t55-,56+,57-,58-,59+,60-/m0/s1. The van der Waals surface area contributed by atoms with Gasteiger partial charge in [0.1, 0.15) is 62.2 Å². The lowest BCUT2D eigenvalue weighted by Crippen LogP contribution is -2.53. The molecule has 3 aliphatic carbocycles. The average Bonchev–Trinajstić information content (AvgIpc) is 1.75. The predicted molar refractivity (Wildman–Crippen MR) is 349 cm³/mol. The molecule has 0 radical (unpaired) electrons. The second-order valence-electron chi connectivity index (χ2n) is 24.0. The highest BCUT2D eigenvalue weighted by Gasteiger charge is 2.41. The van der Waals surface area contributed by atoms with Crippen molar-refractivity contribution in [3.05, 3.63) is 203 Å². The van der Waals surface area contributed by atoms with Gasteiger partial charge in [-0.15, -0.1) is 0 Å². The molecular formula is C72H78N10O10. The van der Waals surface area contributed by atoms with E-state index in [2.05, 4.69) is 31.9 Å². The van der Waals surface area contributed by atoms with Crippen LogP contribution in [0.2, 0.25) is 0 Å². The number of methoxy groups -OCH3 is 2. The van der Waals surface area contributed by atoms with Gasteiger partial charge in [0.05, 0.1) is 14.2 Å². The molecule has 3 fully saturated rings. The first-order chi connectivity index (χ1) is 44.8. The number of benzene rings is 6. The number of nitrogens with zero attached hydrogens (tertiary/aromatic N) is 4. The lowest BCUT2D eigenvalue weighted by Gasteiger charge is -2.33. The summed E-state index contributed by atoms with van der Waals surface area (Å²) >= 11 is 0. The Balaban J connectivity index is 0.776. The molecule has 0 spiro atoms. The normalized spacial score (nSPS) is 18.0. The number of hydrogen-bond donors (Lipinski definition) is 6. The first kappa shape index (κ1) is 63.3. The van der Waals surface area contributed by atoms with E-state index in [1.165, 1.54) is 9.80 Å². The van der Waals surface area contributed by atoms with E-state index >= 15 is 0 Å². The molecule has 8 amide bonds. The largest absolute Gasteiger partial charge is 0.497 e. The van der Waals surface area contributed by atoms with Crippen LogP contribution < -0.4 is 41.4 Å². The third-order valence-electron chi connectivity index (χ3n) is 17.6. The number of para-hydroxylation sites is 2. The SMILES string of the molecule is COc1ccc(CCNC(=O)CN(CC(=O)N[C@H]2C[C@@H]2c2ccccc2)C(=O)Cn2c(C(=O)N[C@H]3CCCC[C@@H]3NC(=O)c3cc4ccccc4n3CC(=O)N(CC(=O)NCCc3ccc(OC)cc3)CC(=O)N[C@@H]3C[C@H]3c3ccccc3)cc3ccccc32)cc1. The molecule has 3 aliphatic rings. The molecule has 0 aliphatic heterocycles. The molecule has 6 N–H and O–H groups in total. The van der Waals surface area contributed by atoms with Crippen LogP contribution in [0.1, 0.15) is 93.6 Å². The Kier molecular flexibility index (Phi) is 20.4. The third-order valence-corrected chi connectivity index (χ3v) is 17.6. The van der Waals surface area contributed by atoms with E-state index < -0.39 is 85.5 Å². The van der Waals surface area contributed by atoms with Gasteiger partial charge in [-0.25, -0.2) is 0 Å². The lowest BCUT2D eigenvalue weighted by atomic mass is 9.90. The van der Waals surface area contributed by atoms with Crippen LogP contribution in [-0.2, 0) is 54.7 Å². The summed E-state index contributed by atoms with van der Waals surface area (Å²) in [7, 11) is 3.18. The molecule has 8 aromatic rings. The van der Waals surface area contributed by atoms with Gasteiger partial charge in [0.15, 0.2) is 0 Å². The predicted octanol–water partition coefficient (Wildman–Crippen LogP) is 6.80. The van der Waals surface area contributed by atoms with Gasteiger partial charge in [0, 0.05) is 70.9 Å². The Labute approximate surface area is 534 Å². The molecule has 0 bridgehead atoms. The van der Waals surface area contributed by atoms with Gasteiger partial charge < -0.3 is 60.3 Å². The molecule has 6 atom stereocenters. The van der Waals surface area contributed by atoms with Crippen molar-refractivity contribution in [1.29, 1.82) is 0 Å². The van der Waals surface area contributed by atoms with Crippen molar-refractivity contribution in [1.82, 2.24) is 50.8 Å². The lowest BCUT2D eigenvalue weighted by molar-refractivity contribution is -0.139. The molecule has 11 rings (SSSR count). The highest BCUT2D eigenvalue weighted by molar-refractivity contribution is 6.02. The molecule has 2 aromatic heterocycles. The van der Waals surface area contributed by atoms with E-state index in [1.54, 1.807) is 59.8 Å². The quantitative estimate of drug-likeness (QED) is 0.0300. The number of hydrogen-bond acceptors (Lipinski definition) is 10. The van der Waals surface area contributed by atoms with Crippen LogP contribution in [0.3, 0.4) is 0 Å². The number of aromatic nitrogens is 2. The maximum atomic E-state index is 14.8. The summed E-state index contributed by atoms with van der Waals surface area (Å²) in [5.41, 5.74) is 5.67. The maximum Gasteiger partial charge on any atom is 0.268 e. The molecular weight excluding hydrogens is 1160 g/mol. The van der Waals surface area contributed by atoms with Gasteiger partial charge in [0.2, 0.25) is 35.4 Å². The molecule has 20 nitrogen and oxygen atoms in total. The highest BCUT2D eigenvalue weighted by Crippen LogP contribution is 2.41. The van der Waals surface area contributed by atoms with Gasteiger partial charge >= 0.3 is 0 Å². The summed E-state index contributed by atoms with van der Waals surface area (Å²) in [6, 6.07) is 51.4. The minimum Gasteiger partial charge on any atom is -0.497 e. The number of carbonyl (C=O) groups excluding carboxylic acids is 8. The van der Waals surface area contributed by atoms with Gasteiger partial charge in [0.25, 0.3) is 11.8 Å². The zero-order valence-corrected chi connectivity index (χ0v) is 51.8. The maximum absolute atomic E-state index is 14.8. The summed E-state index contributed by atoms with van der Waals surface area (Å²) in [4.78, 5) is 116. The zero-order chi connectivity index (χ0) is 64.1.